The molecule has 3 aliphatic heterocycles. The Morgan fingerprint density at radius 1 is 0.573 bits per heavy atom. The highest BCUT2D eigenvalue weighted by Gasteiger charge is 2.93. The average Bonchev–Trinajstić information content (AvgIpc) is 1.47. The van der Waals surface area contributed by atoms with Crippen LogP contribution < -0.4 is 0 Å². The van der Waals surface area contributed by atoms with Gasteiger partial charge in [-0.1, -0.05) is 217 Å². The lowest BCUT2D eigenvalue weighted by Crippen LogP contribution is -2.76. The number of aliphatic hydroxyl groups excluding tert-OH is 4. The molecule has 29 atom stereocenters. The van der Waals surface area contributed by atoms with Crippen molar-refractivity contribution < 1.29 is 127 Å². The zero-order chi connectivity index (χ0) is 90.4. The Kier molecular flexibility index (Phi) is 24.1. The van der Waals surface area contributed by atoms with Gasteiger partial charge in [0.25, 0.3) is 0 Å². The van der Waals surface area contributed by atoms with E-state index in [0.29, 0.717) is 39.0 Å². The summed E-state index contributed by atoms with van der Waals surface area (Å²) >= 11 is 0. The minimum Gasteiger partial charge on any atom is -0.455 e. The van der Waals surface area contributed by atoms with Crippen molar-refractivity contribution in [3.63, 3.8) is 0 Å². The van der Waals surface area contributed by atoms with Gasteiger partial charge in [0.2, 0.25) is 0 Å². The van der Waals surface area contributed by atoms with E-state index in [1.807, 2.05) is 71.0 Å². The number of hydrogen-bond donors (Lipinski definition) is 9. The lowest BCUT2D eigenvalue weighted by Gasteiger charge is -2.61. The Hall–Kier alpha value is -8.32. The van der Waals surface area contributed by atoms with Crippen LogP contribution in [0.5, 0.6) is 0 Å². The SMILES string of the molecule is C=C(C)[C@@]12OC3(c4ccccc4)O[C@@H]1C1[C@@H]4O[C@]4(CO)[C@@H](O)[C@]4(O)C(=O)C(C)CC4[C@@]1(O3)[C@H](C)[C@H]2OC(=O)c1ccccc1.CCC/C=C/C=C/C=C/C(=O)O[C@@H]1[C@@H](C)[C@@]2(O)C(C=C(CO)C[C@]3(O)C(=O)C(C)=CC23)[C@@H]2C(C)(C)[C@]12OC(C)=O.CCCCC/C=C/C=C/C(=O)O[C@@H]1[C@@H](C)[C@@]2(O)[C@@H](C=C(CO)C[C@]3(O)C(=O)C(C)=C[C@@H]23)[C@@H]2C(C)(C)[C@]12OC(C)=O. The predicted molar refractivity (Wildman–Crippen MR) is 449 cm³/mol. The number of fused-ring (bicyclic) bond motifs is 13. The van der Waals surface area contributed by atoms with Crippen molar-refractivity contribution in [3.05, 3.63) is 191 Å². The summed E-state index contributed by atoms with van der Waals surface area (Å²) in [6.45, 7) is 29.2. The summed E-state index contributed by atoms with van der Waals surface area (Å²) in [7, 11) is 0. The van der Waals surface area contributed by atoms with E-state index < -0.39 is 247 Å². The van der Waals surface area contributed by atoms with Crippen molar-refractivity contribution in [1.29, 1.82) is 0 Å². The van der Waals surface area contributed by atoms with Crippen molar-refractivity contribution in [2.75, 3.05) is 19.8 Å². The molecular formula is C98H122O26. The van der Waals surface area contributed by atoms with Crippen LogP contribution >= 0.6 is 0 Å². The van der Waals surface area contributed by atoms with Crippen molar-refractivity contribution in [2.45, 2.75) is 260 Å². The van der Waals surface area contributed by atoms with Crippen molar-refractivity contribution in [3.8, 4) is 0 Å². The molecule has 14 aliphatic rings. The van der Waals surface area contributed by atoms with Crippen molar-refractivity contribution in [1.82, 2.24) is 0 Å². The molecular weight excluding hydrogens is 1590 g/mol. The van der Waals surface area contributed by atoms with Crippen LogP contribution in [0.25, 0.3) is 0 Å². The number of benzene rings is 2. The minimum atomic E-state index is -2.33. The molecule has 9 N–H and O–H groups in total. The number of esters is 5. The van der Waals surface area contributed by atoms with Crippen LogP contribution in [0, 0.1) is 81.8 Å². The number of aliphatic hydroxyl groups is 9. The molecule has 26 heteroatoms. The first-order chi connectivity index (χ1) is 58.4. The molecule has 2 aromatic rings. The molecule has 3 bridgehead atoms. The fourth-order valence-corrected chi connectivity index (χ4v) is 25.4. The molecule has 16 rings (SSSR count). The Morgan fingerprint density at radius 2 is 1.06 bits per heavy atom. The van der Waals surface area contributed by atoms with E-state index >= 15 is 0 Å². The van der Waals surface area contributed by atoms with Gasteiger partial charge in [0, 0.05) is 126 Å². The topological polar surface area (TPSA) is 405 Å². The number of allylic oxidation sites excluding steroid dienone is 8. The lowest BCUT2D eigenvalue weighted by atomic mass is 9.52. The summed E-state index contributed by atoms with van der Waals surface area (Å²) in [6, 6.07) is 17.7. The zero-order valence-corrected chi connectivity index (χ0v) is 73.4. The maximum atomic E-state index is 13.9. The summed E-state index contributed by atoms with van der Waals surface area (Å²) in [6.07, 6.45) is 23.1. The number of ether oxygens (including phenoxy) is 9. The second kappa shape index (κ2) is 32.5. The van der Waals surface area contributed by atoms with Gasteiger partial charge in [-0.05, 0) is 86.5 Å². The molecule has 0 amide bonds. The van der Waals surface area contributed by atoms with E-state index in [-0.39, 0.29) is 19.3 Å². The predicted octanol–water partition coefficient (Wildman–Crippen LogP) is 9.51. The van der Waals surface area contributed by atoms with E-state index in [9.17, 15) is 84.3 Å². The molecule has 0 radical (unpaired) electrons. The summed E-state index contributed by atoms with van der Waals surface area (Å²) in [5, 5.41) is 104. The Balaban J connectivity index is 0.000000152. The molecule has 26 nitrogen and oxygen atoms in total. The second-order valence-electron chi connectivity index (χ2n) is 38.5. The highest BCUT2D eigenvalue weighted by atomic mass is 16.9. The standard InChI is InChI=1S/C34H36O10.C32H44O8.C32H42O8/c1-17(2)32-25(40-28(37)20-11-7-5-8-12-20)19(4)33-22-15-18(3)24(36)31(22,39)29(38)30(16-35)26(41-30)23(33)27(32)42-34(43-32,44-33)21-13-9-6-10-14-21;2*1-7-8-9-10-11-12-13-14-25(35)39-28-20(3)31(38)23(26-29(5,6)32(26,28)40-21(4)34)16-22(18-33)17-30(37)24(31)15-19(2)27(30)36/h5-14,18-19,22-23,25-27,29,35,38-39H,1,15-16H2,2-4H3;11-16,20,23-24,26,28,33,37-38H,7-10,17-18H2,1-6H3;9-16,20,23-24,26,28,33,37-38H,7-8,17-18H2,1-6H3/b;12-11+,14-13+;10-9+,12-11+,14-13+/t18?,19-,22?,23?,25-,26+,27-,29-,30+,31-,32+,33+,34?;20-,23+,24-,26-,28-,30-,31-,32-;20-,23?,24?,26-,28-,30-,31-,32-/m111/s1. The monoisotopic (exact) mass is 1710 g/mol. The number of unbranched alkanes of at least 4 members (excludes halogenated alkanes) is 4. The molecule has 11 aliphatic carbocycles. The third kappa shape index (κ3) is 13.2. The molecule has 0 spiro atoms. The molecule has 0 aromatic heterocycles. The molecule has 3 saturated heterocycles. The first-order valence-corrected chi connectivity index (χ1v) is 43.8. The highest BCUT2D eigenvalue weighted by Crippen LogP contribution is 2.80. The number of hydrogen-bond acceptors (Lipinski definition) is 26. The highest BCUT2D eigenvalue weighted by molar-refractivity contribution is 6.05. The first-order valence-electron chi connectivity index (χ1n) is 43.8. The minimum absolute atomic E-state index is 0.127. The molecule has 7 saturated carbocycles. The van der Waals surface area contributed by atoms with Gasteiger partial charge in [-0.2, -0.15) is 0 Å². The Bertz CT molecular complexity index is 4910. The molecule has 2 aromatic carbocycles. The molecule has 10 fully saturated rings. The van der Waals surface area contributed by atoms with E-state index in [4.69, 9.17) is 42.6 Å². The van der Waals surface area contributed by atoms with E-state index in [0.717, 1.165) is 38.5 Å². The van der Waals surface area contributed by atoms with Crippen LogP contribution in [0.4, 0.5) is 0 Å². The third-order valence-corrected chi connectivity index (χ3v) is 31.2. The van der Waals surface area contributed by atoms with Crippen LogP contribution in [-0.4, -0.2) is 206 Å². The van der Waals surface area contributed by atoms with Crippen LogP contribution in [0.3, 0.4) is 0 Å². The van der Waals surface area contributed by atoms with E-state index in [1.165, 1.54) is 26.0 Å². The van der Waals surface area contributed by atoms with Crippen molar-refractivity contribution in [2.24, 2.45) is 81.8 Å². The maximum Gasteiger partial charge on any atom is 0.338 e. The van der Waals surface area contributed by atoms with Crippen LogP contribution in [0.15, 0.2) is 180 Å². The van der Waals surface area contributed by atoms with Gasteiger partial charge in [0.15, 0.2) is 39.8 Å². The second-order valence-corrected chi connectivity index (χ2v) is 38.5. The summed E-state index contributed by atoms with van der Waals surface area (Å²) in [5.41, 5.74) is -15.3. The number of ketones is 3. The fraction of sp³-hybridized carbons (Fsp3) is 0.592. The average molecular weight is 1720 g/mol. The fourth-order valence-electron chi connectivity index (χ4n) is 25.4. The van der Waals surface area contributed by atoms with Crippen LogP contribution in [0.2, 0.25) is 0 Å². The van der Waals surface area contributed by atoms with Crippen LogP contribution in [-0.2, 0) is 82.2 Å². The molecule has 670 valence electrons. The van der Waals surface area contributed by atoms with Gasteiger partial charge in [-0.25, -0.2) is 14.4 Å². The summed E-state index contributed by atoms with van der Waals surface area (Å²) in [4.78, 5) is 105. The van der Waals surface area contributed by atoms with Crippen LogP contribution in [0.1, 0.15) is 178 Å². The third-order valence-electron chi connectivity index (χ3n) is 31.2. The quantitative estimate of drug-likeness (QED) is 0.0101. The molecule has 3 heterocycles. The van der Waals surface area contributed by atoms with Gasteiger partial charge >= 0.3 is 35.8 Å². The van der Waals surface area contributed by atoms with Gasteiger partial charge in [-0.3, -0.25) is 24.0 Å². The number of carbonyl (C=O) groups is 8. The lowest BCUT2D eigenvalue weighted by molar-refractivity contribution is -0.443. The Morgan fingerprint density at radius 3 is 1.53 bits per heavy atom. The van der Waals surface area contributed by atoms with Gasteiger partial charge in [-0.15, -0.1) is 0 Å². The first kappa shape index (κ1) is 91.9. The van der Waals surface area contributed by atoms with Crippen molar-refractivity contribution >= 4 is 47.2 Å². The Labute approximate surface area is 723 Å². The largest absolute Gasteiger partial charge is 0.455 e. The number of Topliss-reactive ketones (excluding diaryl/α,β-unsaturated/α-hetero) is 3. The van der Waals surface area contributed by atoms with Gasteiger partial charge in [0.1, 0.15) is 53.4 Å². The smallest absolute Gasteiger partial charge is 0.338 e. The number of epoxide rings is 1. The van der Waals surface area contributed by atoms with E-state index in [1.54, 1.807) is 139 Å². The molecule has 6 unspecified atom stereocenters. The molecule has 124 heavy (non-hydrogen) atoms. The zero-order valence-electron chi connectivity index (χ0n) is 73.4. The summed E-state index contributed by atoms with van der Waals surface area (Å²) < 4.78 is 57.6. The maximum absolute atomic E-state index is 13.9. The van der Waals surface area contributed by atoms with Gasteiger partial charge in [0.05, 0.1) is 42.2 Å². The van der Waals surface area contributed by atoms with E-state index in [2.05, 4.69) is 20.4 Å². The normalized spacial score (nSPS) is 43.2. The van der Waals surface area contributed by atoms with Gasteiger partial charge < -0.3 is 88.6 Å². The number of carbonyl (C=O) groups excluding carboxylic acids is 8. The summed E-state index contributed by atoms with van der Waals surface area (Å²) in [5.74, 6) is -15.6. The number of rotatable bonds is 22.